The van der Waals surface area contributed by atoms with Crippen LogP contribution in [0.15, 0.2) is 36.9 Å². The smallest absolute Gasteiger partial charge is 0.0406 e. The first-order valence-corrected chi connectivity index (χ1v) is 5.50. The molecule has 0 bridgehead atoms. The van der Waals surface area contributed by atoms with Gasteiger partial charge in [-0.15, -0.1) is 6.58 Å². The summed E-state index contributed by atoms with van der Waals surface area (Å²) < 4.78 is 0. The Morgan fingerprint density at radius 2 is 2.00 bits per heavy atom. The fourth-order valence-corrected chi connectivity index (χ4v) is 1.81. The first kappa shape index (κ1) is 12.3. The van der Waals surface area contributed by atoms with Crippen molar-refractivity contribution in [3.63, 3.8) is 0 Å². The molecule has 0 spiro atoms. The third-order valence-electron chi connectivity index (χ3n) is 2.59. The average molecular weight is 224 g/mol. The molecule has 2 heteroatoms. The van der Waals surface area contributed by atoms with E-state index < -0.39 is 0 Å². The fraction of sp³-hybridized carbons (Fsp3) is 0.385. The fourth-order valence-electron chi connectivity index (χ4n) is 1.68. The number of benzene rings is 1. The van der Waals surface area contributed by atoms with Crippen molar-refractivity contribution < 1.29 is 0 Å². The summed E-state index contributed by atoms with van der Waals surface area (Å²) in [7, 11) is 1.96. The molecule has 0 heterocycles. The third-order valence-corrected chi connectivity index (χ3v) is 2.85. The van der Waals surface area contributed by atoms with Crippen LogP contribution in [-0.4, -0.2) is 13.6 Å². The van der Waals surface area contributed by atoms with Crippen molar-refractivity contribution in [1.82, 2.24) is 5.32 Å². The first-order chi connectivity index (χ1) is 7.09. The van der Waals surface area contributed by atoms with E-state index in [1.165, 1.54) is 5.56 Å². The largest absolute Gasteiger partial charge is 0.319 e. The van der Waals surface area contributed by atoms with E-state index in [4.69, 9.17) is 11.6 Å². The normalized spacial score (nSPS) is 14.6. The Morgan fingerprint density at radius 1 is 1.40 bits per heavy atom. The Bertz CT molecular complexity index is 318. The number of hydrogen-bond acceptors (Lipinski definition) is 1. The second-order valence-corrected chi connectivity index (χ2v) is 4.63. The molecule has 1 atom stereocenters. The summed E-state index contributed by atoms with van der Waals surface area (Å²) in [5.41, 5.74) is 1.39. The van der Waals surface area contributed by atoms with Crippen LogP contribution in [0.3, 0.4) is 0 Å². The van der Waals surface area contributed by atoms with Crippen LogP contribution < -0.4 is 5.32 Å². The van der Waals surface area contributed by atoms with Crippen LogP contribution in [0.4, 0.5) is 0 Å². The minimum absolute atomic E-state index is 0.0998. The van der Waals surface area contributed by atoms with Gasteiger partial charge in [-0.1, -0.05) is 36.7 Å². The maximum absolute atomic E-state index is 5.85. The predicted octanol–water partition coefficient (Wildman–Crippen LogP) is 3.29. The Kier molecular flexibility index (Phi) is 4.37. The summed E-state index contributed by atoms with van der Waals surface area (Å²) in [4.78, 5) is 0. The van der Waals surface area contributed by atoms with Crippen LogP contribution in [-0.2, 0) is 6.42 Å². The summed E-state index contributed by atoms with van der Waals surface area (Å²) >= 11 is 5.85. The van der Waals surface area contributed by atoms with E-state index in [1.54, 1.807) is 0 Å². The Balaban J connectivity index is 2.74. The highest BCUT2D eigenvalue weighted by molar-refractivity contribution is 6.30. The van der Waals surface area contributed by atoms with Crippen LogP contribution in [0.5, 0.6) is 0 Å². The summed E-state index contributed by atoms with van der Waals surface area (Å²) in [5, 5.41) is 3.98. The highest BCUT2D eigenvalue weighted by Crippen LogP contribution is 2.23. The lowest BCUT2D eigenvalue weighted by Gasteiger charge is -2.25. The van der Waals surface area contributed by atoms with Gasteiger partial charge in [0.25, 0.3) is 0 Å². The molecule has 0 aromatic heterocycles. The van der Waals surface area contributed by atoms with Gasteiger partial charge < -0.3 is 5.32 Å². The van der Waals surface area contributed by atoms with E-state index in [2.05, 4.69) is 31.0 Å². The lowest BCUT2D eigenvalue weighted by atomic mass is 9.84. The zero-order chi connectivity index (χ0) is 11.3. The van der Waals surface area contributed by atoms with Gasteiger partial charge in [0.2, 0.25) is 0 Å². The lowest BCUT2D eigenvalue weighted by molar-refractivity contribution is 0.406. The van der Waals surface area contributed by atoms with Gasteiger partial charge in [0.15, 0.2) is 0 Å². The zero-order valence-corrected chi connectivity index (χ0v) is 10.1. The quantitative estimate of drug-likeness (QED) is 0.756. The van der Waals surface area contributed by atoms with Gasteiger partial charge in [-0.2, -0.15) is 0 Å². The number of rotatable bonds is 5. The number of nitrogens with one attached hydrogen (secondary N) is 1. The first-order valence-electron chi connectivity index (χ1n) is 5.12. The minimum atomic E-state index is 0.0998. The Morgan fingerprint density at radius 3 is 2.47 bits per heavy atom. The topological polar surface area (TPSA) is 12.0 Å². The molecule has 1 aromatic rings. The maximum atomic E-state index is 5.85. The van der Waals surface area contributed by atoms with E-state index >= 15 is 0 Å². The van der Waals surface area contributed by atoms with Gasteiger partial charge in [-0.3, -0.25) is 0 Å². The van der Waals surface area contributed by atoms with E-state index in [9.17, 15) is 0 Å². The van der Waals surface area contributed by atoms with Crippen LogP contribution in [0.2, 0.25) is 5.02 Å². The van der Waals surface area contributed by atoms with Crippen molar-refractivity contribution >= 4 is 11.6 Å². The highest BCUT2D eigenvalue weighted by atomic mass is 35.5. The molecule has 15 heavy (non-hydrogen) atoms. The molecule has 0 saturated carbocycles. The molecular weight excluding hydrogens is 206 g/mol. The van der Waals surface area contributed by atoms with E-state index in [-0.39, 0.29) is 5.41 Å². The van der Waals surface area contributed by atoms with Crippen molar-refractivity contribution in [3.05, 3.63) is 47.5 Å². The summed E-state index contributed by atoms with van der Waals surface area (Å²) in [6, 6.07) is 8.00. The van der Waals surface area contributed by atoms with Crippen molar-refractivity contribution in [2.24, 2.45) is 5.41 Å². The molecule has 0 aliphatic carbocycles. The van der Waals surface area contributed by atoms with Crippen LogP contribution in [0, 0.1) is 5.41 Å². The molecule has 1 N–H and O–H groups in total. The molecule has 0 fully saturated rings. The van der Waals surface area contributed by atoms with Crippen molar-refractivity contribution in [2.75, 3.05) is 13.6 Å². The Hall–Kier alpha value is -0.790. The molecule has 1 nitrogen and oxygen atoms in total. The van der Waals surface area contributed by atoms with E-state index in [1.807, 2.05) is 25.3 Å². The molecule has 0 aliphatic heterocycles. The lowest BCUT2D eigenvalue weighted by Crippen LogP contribution is -2.29. The van der Waals surface area contributed by atoms with Gasteiger partial charge in [0.05, 0.1) is 0 Å². The predicted molar refractivity (Wildman–Crippen MR) is 67.4 cm³/mol. The number of halogens is 1. The highest BCUT2D eigenvalue weighted by Gasteiger charge is 2.19. The maximum Gasteiger partial charge on any atom is 0.0406 e. The van der Waals surface area contributed by atoms with Crippen molar-refractivity contribution in [1.29, 1.82) is 0 Å². The zero-order valence-electron chi connectivity index (χ0n) is 9.39. The van der Waals surface area contributed by atoms with Gasteiger partial charge >= 0.3 is 0 Å². The van der Waals surface area contributed by atoms with E-state index in [0.717, 1.165) is 18.0 Å². The molecular formula is C13H18ClN. The van der Waals surface area contributed by atoms with Gasteiger partial charge in [0.1, 0.15) is 0 Å². The molecule has 0 radical (unpaired) electrons. The van der Waals surface area contributed by atoms with Gasteiger partial charge in [0, 0.05) is 17.0 Å². The molecule has 1 aromatic carbocycles. The molecule has 1 unspecified atom stereocenters. The van der Waals surface area contributed by atoms with Crippen LogP contribution in [0.25, 0.3) is 0 Å². The summed E-state index contributed by atoms with van der Waals surface area (Å²) in [5.74, 6) is 0. The Labute approximate surface area is 97.1 Å². The average Bonchev–Trinajstić information content (AvgIpc) is 2.22. The monoisotopic (exact) mass is 223 g/mol. The second kappa shape index (κ2) is 5.34. The SMILES string of the molecule is C=CC(C)(CNC)Cc1ccc(Cl)cc1. The molecule has 0 aliphatic rings. The second-order valence-electron chi connectivity index (χ2n) is 4.19. The van der Waals surface area contributed by atoms with Gasteiger partial charge in [-0.05, 0) is 31.2 Å². The standard InChI is InChI=1S/C13H18ClN/c1-4-13(2,10-15-3)9-11-5-7-12(14)8-6-11/h4-8,15H,1,9-10H2,2-3H3. The van der Waals surface area contributed by atoms with Crippen molar-refractivity contribution in [3.8, 4) is 0 Å². The molecule has 0 amide bonds. The molecule has 1 rings (SSSR count). The van der Waals surface area contributed by atoms with Crippen LogP contribution in [0.1, 0.15) is 12.5 Å². The van der Waals surface area contributed by atoms with Crippen molar-refractivity contribution in [2.45, 2.75) is 13.3 Å². The summed E-state index contributed by atoms with van der Waals surface area (Å²) in [6.45, 7) is 7.03. The van der Waals surface area contributed by atoms with Crippen LogP contribution >= 0.6 is 11.6 Å². The number of hydrogen-bond donors (Lipinski definition) is 1. The summed E-state index contributed by atoms with van der Waals surface area (Å²) in [6.07, 6.45) is 2.99. The van der Waals surface area contributed by atoms with E-state index in [0.29, 0.717) is 0 Å². The third kappa shape index (κ3) is 3.69. The molecule has 82 valence electrons. The molecule has 0 saturated heterocycles. The minimum Gasteiger partial charge on any atom is -0.319 e. The van der Waals surface area contributed by atoms with Gasteiger partial charge in [-0.25, -0.2) is 0 Å².